The molecule has 11 atom stereocenters. The molecule has 7 rings (SSSR count). The van der Waals surface area contributed by atoms with Crippen LogP contribution in [0.15, 0.2) is 36.4 Å². The highest BCUT2D eigenvalue weighted by Gasteiger charge is 2.51. The van der Waals surface area contributed by atoms with Crippen molar-refractivity contribution in [2.75, 3.05) is 13.7 Å². The van der Waals surface area contributed by atoms with Gasteiger partial charge in [0, 0.05) is 42.0 Å². The number of amides is 1. The van der Waals surface area contributed by atoms with Crippen LogP contribution in [0.25, 0.3) is 0 Å². The van der Waals surface area contributed by atoms with Crippen molar-refractivity contribution in [2.24, 2.45) is 0 Å². The first-order valence-electron chi connectivity index (χ1n) is 19.7. The molecule has 348 valence electrons. The Kier molecular flexibility index (Phi) is 12.8. The number of carbonyl (C=O) groups is 5. The lowest BCUT2D eigenvalue weighted by atomic mass is 9.72. The second-order valence-corrected chi connectivity index (χ2v) is 15.7. The first kappa shape index (κ1) is 46.6. The number of hydrogen-bond acceptors (Lipinski definition) is 21. The summed E-state index contributed by atoms with van der Waals surface area (Å²) < 4.78 is 32.9. The van der Waals surface area contributed by atoms with E-state index in [9.17, 15) is 80.0 Å². The number of nitrogens with one attached hydrogen (secondary N) is 1. The number of nitro benzene ring substituents is 1. The molecule has 2 fully saturated rings. The van der Waals surface area contributed by atoms with E-state index in [1.54, 1.807) is 0 Å². The number of ketones is 3. The SMILES string of the molecule is COc1cccc2c1C(=O)c1c(O)c3c(c(O)c1C2=O)C[C@@](O)(C(=O)CO)CC3OC1CC(NC(=O)OCc2ccc(OC3OC(C(=O)O)C(O)C(O)C3O)c([N+](=O)[O-])c2)C(O)C(C)O1. The van der Waals surface area contributed by atoms with E-state index in [0.717, 1.165) is 12.1 Å². The smallest absolute Gasteiger partial charge is 0.407 e. The minimum absolute atomic E-state index is 0.00142. The molecule has 0 radical (unpaired) electrons. The number of phenols is 2. The van der Waals surface area contributed by atoms with Gasteiger partial charge in [-0.05, 0) is 24.6 Å². The van der Waals surface area contributed by atoms with Crippen molar-refractivity contribution >= 4 is 35.1 Å². The summed E-state index contributed by atoms with van der Waals surface area (Å²) in [5, 5.41) is 110. The number of alkyl carbamates (subject to hydrolysis) is 1. The molecule has 0 spiro atoms. The number of ether oxygens (including phenoxy) is 6. The monoisotopic (exact) mass is 914 g/mol. The van der Waals surface area contributed by atoms with Gasteiger partial charge in [0.2, 0.25) is 12.1 Å². The highest BCUT2D eigenvalue weighted by Crippen LogP contribution is 2.52. The third kappa shape index (κ3) is 8.42. The lowest BCUT2D eigenvalue weighted by molar-refractivity contribution is -0.387. The first-order chi connectivity index (χ1) is 30.7. The minimum atomic E-state index is -2.45. The number of carbonyl (C=O) groups excluding carboxylic acids is 4. The highest BCUT2D eigenvalue weighted by molar-refractivity contribution is 6.31. The van der Waals surface area contributed by atoms with E-state index in [4.69, 9.17) is 28.4 Å². The molecule has 0 bridgehead atoms. The molecule has 10 N–H and O–H groups in total. The van der Waals surface area contributed by atoms with Crippen LogP contribution >= 0.6 is 0 Å². The van der Waals surface area contributed by atoms with Crippen molar-refractivity contribution in [3.05, 3.63) is 85.5 Å². The van der Waals surface area contributed by atoms with Crippen molar-refractivity contribution in [3.8, 4) is 23.0 Å². The fourth-order valence-electron chi connectivity index (χ4n) is 8.37. The third-order valence-corrected chi connectivity index (χ3v) is 11.7. The number of hydrogen-bond donors (Lipinski definition) is 10. The number of aliphatic carboxylic acids is 1. The zero-order chi connectivity index (χ0) is 47.4. The highest BCUT2D eigenvalue weighted by atomic mass is 16.7. The van der Waals surface area contributed by atoms with E-state index in [1.807, 2.05) is 0 Å². The molecular formula is C41H42N2O22. The van der Waals surface area contributed by atoms with Crippen LogP contribution in [0.1, 0.15) is 74.4 Å². The average Bonchev–Trinajstić information content (AvgIpc) is 3.27. The van der Waals surface area contributed by atoms with Gasteiger partial charge in [-0.25, -0.2) is 9.59 Å². The van der Waals surface area contributed by atoms with Crippen molar-refractivity contribution in [2.45, 2.75) is 99.7 Å². The number of aromatic hydroxyl groups is 2. The number of Topliss-reactive ketones (excluding diaryl/α,β-unsaturated/α-hetero) is 1. The minimum Gasteiger partial charge on any atom is -0.507 e. The summed E-state index contributed by atoms with van der Waals surface area (Å²) >= 11 is 0. The van der Waals surface area contributed by atoms with Gasteiger partial charge in [0.1, 0.15) is 60.5 Å². The molecule has 3 aromatic carbocycles. The first-order valence-corrected chi connectivity index (χ1v) is 19.7. The molecular weight excluding hydrogens is 872 g/mol. The van der Waals surface area contributed by atoms with E-state index in [1.165, 1.54) is 38.3 Å². The Bertz CT molecular complexity index is 2460. The van der Waals surface area contributed by atoms with Crippen molar-refractivity contribution in [1.82, 2.24) is 5.32 Å². The molecule has 0 aromatic heterocycles. The standard InChI is InChI=1S/C41H42N2O22/c1-14-29(46)18(42-40(56)61-13-15-6-7-20(19(8-15)43(58)59)64-39-36(53)34(51)35(52)37(65-39)38(54)55)9-24(62-14)63-22-11-41(57,23(45)12-44)10-17-26(22)33(50)28-27(31(17)48)30(47)16-4-3-5-21(60-2)25(16)32(28)49/h3-8,14,18,22,24,29,34-37,39,44,46,48,50-53,57H,9-13H2,1-2H3,(H,42,56)(H,54,55)/t14?,18?,22?,24?,29?,34?,35?,36?,37?,39?,41-/m0/s1. The summed E-state index contributed by atoms with van der Waals surface area (Å²) in [6, 6.07) is 6.08. The third-order valence-electron chi connectivity index (χ3n) is 11.7. The number of benzene rings is 3. The largest absolute Gasteiger partial charge is 0.507 e. The van der Waals surface area contributed by atoms with Crippen LogP contribution in [0.4, 0.5) is 10.5 Å². The number of phenolic OH excluding ortho intramolecular Hbond substituents is 2. The number of nitrogens with zero attached hydrogens (tertiary/aromatic N) is 1. The van der Waals surface area contributed by atoms with Gasteiger partial charge in [-0.2, -0.15) is 0 Å². The molecule has 2 saturated heterocycles. The average molecular weight is 915 g/mol. The number of carboxylic acids is 1. The molecule has 24 heteroatoms. The number of carboxylic acid groups (broad SMARTS) is 1. The van der Waals surface area contributed by atoms with Crippen LogP contribution in [0.3, 0.4) is 0 Å². The Morgan fingerprint density at radius 1 is 0.938 bits per heavy atom. The maximum Gasteiger partial charge on any atom is 0.407 e. The number of methoxy groups -OCH3 is 1. The Hall–Kier alpha value is -6.35. The number of fused-ring (bicyclic) bond motifs is 3. The maximum atomic E-state index is 14.0. The molecule has 0 saturated carbocycles. The normalized spacial score (nSPS) is 29.4. The van der Waals surface area contributed by atoms with Crippen LogP contribution in [0.5, 0.6) is 23.0 Å². The van der Waals surface area contributed by atoms with Crippen LogP contribution in [0, 0.1) is 10.1 Å². The topological polar surface area (TPSA) is 378 Å². The van der Waals surface area contributed by atoms with Crippen molar-refractivity contribution in [3.63, 3.8) is 0 Å². The van der Waals surface area contributed by atoms with Gasteiger partial charge in [0.15, 0.2) is 29.7 Å². The Labute approximate surface area is 365 Å². The quantitative estimate of drug-likeness (QED) is 0.0470. The fraction of sp³-hybridized carbons (Fsp3) is 0.439. The van der Waals surface area contributed by atoms with Gasteiger partial charge in [0.05, 0.1) is 47.0 Å². The molecule has 10 unspecified atom stereocenters. The lowest BCUT2D eigenvalue weighted by Crippen LogP contribution is -2.61. The number of aliphatic hydroxyl groups excluding tert-OH is 5. The molecule has 24 nitrogen and oxygen atoms in total. The number of rotatable bonds is 12. The Balaban J connectivity index is 1.09. The van der Waals surface area contributed by atoms with Gasteiger partial charge in [-0.1, -0.05) is 18.2 Å². The molecule has 1 amide bonds. The zero-order valence-electron chi connectivity index (χ0n) is 34.1. The van der Waals surface area contributed by atoms with Gasteiger partial charge >= 0.3 is 17.7 Å². The predicted octanol–water partition coefficient (Wildman–Crippen LogP) is -0.852. The van der Waals surface area contributed by atoms with Gasteiger partial charge < -0.3 is 79.7 Å². The predicted molar refractivity (Wildman–Crippen MR) is 209 cm³/mol. The summed E-state index contributed by atoms with van der Waals surface area (Å²) in [7, 11) is 1.26. The summed E-state index contributed by atoms with van der Waals surface area (Å²) in [6.45, 7) is -0.369. The van der Waals surface area contributed by atoms with E-state index in [2.05, 4.69) is 5.32 Å². The van der Waals surface area contributed by atoms with Gasteiger partial charge in [-0.15, -0.1) is 0 Å². The lowest BCUT2D eigenvalue weighted by Gasteiger charge is -2.42. The summed E-state index contributed by atoms with van der Waals surface area (Å²) in [5.41, 5.74) is -5.40. The molecule has 2 aliphatic heterocycles. The summed E-state index contributed by atoms with van der Waals surface area (Å²) in [6.07, 6.45) is -18.6. The van der Waals surface area contributed by atoms with E-state index < -0.39 is 161 Å². The molecule has 4 aliphatic rings. The molecule has 65 heavy (non-hydrogen) atoms. The summed E-state index contributed by atoms with van der Waals surface area (Å²) in [4.78, 5) is 76.3. The summed E-state index contributed by atoms with van der Waals surface area (Å²) in [5.74, 6) is -6.81. The van der Waals surface area contributed by atoms with Crippen LogP contribution in [-0.2, 0) is 41.6 Å². The van der Waals surface area contributed by atoms with Crippen LogP contribution < -0.4 is 14.8 Å². The van der Waals surface area contributed by atoms with Crippen LogP contribution in [0.2, 0.25) is 0 Å². The second kappa shape index (κ2) is 17.9. The van der Waals surface area contributed by atoms with E-state index in [0.29, 0.717) is 0 Å². The molecule has 2 aliphatic carbocycles. The van der Waals surface area contributed by atoms with Gasteiger partial charge in [-0.3, -0.25) is 24.5 Å². The molecule has 3 aromatic rings. The Morgan fingerprint density at radius 3 is 2.31 bits per heavy atom. The van der Waals surface area contributed by atoms with E-state index in [-0.39, 0.29) is 40.0 Å². The van der Waals surface area contributed by atoms with Crippen molar-refractivity contribution in [1.29, 1.82) is 0 Å². The number of aliphatic hydroxyl groups is 6. The van der Waals surface area contributed by atoms with E-state index >= 15 is 0 Å². The maximum absolute atomic E-state index is 14.0. The number of nitro groups is 1. The van der Waals surface area contributed by atoms with Crippen molar-refractivity contribution < 1.29 is 103 Å². The van der Waals surface area contributed by atoms with Crippen LogP contribution in [-0.4, -0.2) is 155 Å². The second-order valence-electron chi connectivity index (χ2n) is 15.7. The van der Waals surface area contributed by atoms with Gasteiger partial charge in [0.25, 0.3) is 0 Å². The zero-order valence-corrected chi connectivity index (χ0v) is 34.1. The fourth-order valence-corrected chi connectivity index (χ4v) is 8.37. The molecule has 2 heterocycles. The Morgan fingerprint density at radius 2 is 1.65 bits per heavy atom.